The van der Waals surface area contributed by atoms with Gasteiger partial charge in [-0.1, -0.05) is 24.3 Å². The monoisotopic (exact) mass is 710 g/mol. The van der Waals surface area contributed by atoms with E-state index in [0.29, 0.717) is 0 Å². The van der Waals surface area contributed by atoms with E-state index in [1.54, 1.807) is 26.0 Å². The van der Waals surface area contributed by atoms with Gasteiger partial charge in [0.05, 0.1) is 45.7 Å². The number of benzene rings is 3. The molecule has 16 heteroatoms. The largest absolute Gasteiger partial charge is 0.512 e. The molecule has 1 aliphatic carbocycles. The summed E-state index contributed by atoms with van der Waals surface area (Å²) < 4.78 is 71.5. The van der Waals surface area contributed by atoms with E-state index in [2.05, 4.69) is 10.3 Å². The number of rotatable bonds is 11. The molecule has 0 fully saturated rings. The van der Waals surface area contributed by atoms with Gasteiger partial charge >= 0.3 is 11.9 Å². The minimum Gasteiger partial charge on any atom is -0.512 e. The van der Waals surface area contributed by atoms with Crippen LogP contribution < -0.4 is 21.5 Å². The van der Waals surface area contributed by atoms with Gasteiger partial charge in [-0.3, -0.25) is 23.7 Å². The minimum absolute atomic E-state index is 0.0170. The first kappa shape index (κ1) is 35.1. The Labute approximate surface area is 278 Å². The average molecular weight is 711 g/mol. The second kappa shape index (κ2) is 13.4. The SMILES string of the molecule is CCOC(=O)C(CCS(=O)(=O)c1ccc(Nc2cc(S(=O)(=O)O)c3nc(=O)c(=C(C)O)c4c5ccccc5c(=O)c2c3=4)cc1)C(=O)OCC. The second-order valence-corrected chi connectivity index (χ2v) is 14.4. The van der Waals surface area contributed by atoms with Crippen LogP contribution in [0.1, 0.15) is 27.2 Å². The summed E-state index contributed by atoms with van der Waals surface area (Å²) in [4.78, 5) is 54.6. The Kier molecular flexibility index (Phi) is 9.59. The number of sulfone groups is 1. The third-order valence-electron chi connectivity index (χ3n) is 7.81. The van der Waals surface area contributed by atoms with Gasteiger partial charge < -0.3 is 19.9 Å². The van der Waals surface area contributed by atoms with Gasteiger partial charge in [-0.05, 0) is 62.9 Å². The molecule has 5 rings (SSSR count). The minimum atomic E-state index is -5.03. The average Bonchev–Trinajstić information content (AvgIpc) is 3.03. The summed E-state index contributed by atoms with van der Waals surface area (Å²) in [5, 5.41) is 13.4. The van der Waals surface area contributed by atoms with Crippen LogP contribution in [0.4, 0.5) is 11.4 Å². The number of aromatic nitrogens is 1. The summed E-state index contributed by atoms with van der Waals surface area (Å²) in [5.41, 5.74) is -1.95. The molecule has 256 valence electrons. The van der Waals surface area contributed by atoms with Crippen LogP contribution >= 0.6 is 0 Å². The predicted molar refractivity (Wildman–Crippen MR) is 178 cm³/mol. The molecule has 3 N–H and O–H groups in total. The molecule has 0 bridgehead atoms. The van der Waals surface area contributed by atoms with E-state index in [1.807, 2.05) is 0 Å². The normalized spacial score (nSPS) is 12.8. The van der Waals surface area contributed by atoms with Gasteiger partial charge in [0.15, 0.2) is 21.2 Å². The maximum Gasteiger partial charge on any atom is 0.320 e. The third-order valence-corrected chi connectivity index (χ3v) is 10.4. The van der Waals surface area contributed by atoms with Crippen LogP contribution in [0.15, 0.2) is 74.0 Å². The molecule has 2 aliphatic rings. The Morgan fingerprint density at radius 1 is 0.898 bits per heavy atom. The lowest BCUT2D eigenvalue weighted by atomic mass is 9.97. The fourth-order valence-electron chi connectivity index (χ4n) is 5.67. The number of nitrogens with one attached hydrogen (secondary N) is 1. The Morgan fingerprint density at radius 3 is 2.04 bits per heavy atom. The molecule has 0 aromatic heterocycles. The van der Waals surface area contributed by atoms with Gasteiger partial charge in [-0.2, -0.15) is 8.42 Å². The van der Waals surface area contributed by atoms with E-state index >= 15 is 0 Å². The lowest BCUT2D eigenvalue weighted by Gasteiger charge is -2.15. The molecular weight excluding hydrogens is 680 g/mol. The number of anilines is 2. The fourth-order valence-corrected chi connectivity index (χ4v) is 7.66. The highest BCUT2D eigenvalue weighted by Gasteiger charge is 2.32. The lowest BCUT2D eigenvalue weighted by molar-refractivity contribution is -0.161. The Hall–Kier alpha value is -5.19. The predicted octanol–water partition coefficient (Wildman–Crippen LogP) is 2.57. The summed E-state index contributed by atoms with van der Waals surface area (Å²) in [5.74, 6) is -4.27. The topological polar surface area (TPSA) is 220 Å². The van der Waals surface area contributed by atoms with E-state index in [4.69, 9.17) is 9.47 Å². The highest BCUT2D eigenvalue weighted by Crippen LogP contribution is 2.32. The van der Waals surface area contributed by atoms with Gasteiger partial charge in [0, 0.05) is 21.5 Å². The maximum absolute atomic E-state index is 14.0. The van der Waals surface area contributed by atoms with Crippen molar-refractivity contribution in [2.75, 3.05) is 24.3 Å². The first-order valence-electron chi connectivity index (χ1n) is 14.9. The first-order valence-corrected chi connectivity index (χ1v) is 18.0. The summed E-state index contributed by atoms with van der Waals surface area (Å²) in [7, 11) is -9.07. The number of aliphatic hydroxyl groups is 1. The van der Waals surface area contributed by atoms with Crippen molar-refractivity contribution < 1.29 is 45.6 Å². The number of aliphatic hydroxyl groups excluding tert-OH is 1. The van der Waals surface area contributed by atoms with Crippen molar-refractivity contribution in [3.05, 3.63) is 90.8 Å². The second-order valence-electron chi connectivity index (χ2n) is 10.9. The standard InChI is InChI=1S/C33H30N2O12S2/c1-4-46-32(39)22(33(40)47-5-2)14-15-48(41,42)19-12-10-18(11-13-19)34-23-16-24(49(43,44)45)29-28-26(25(17(3)36)31(38)35-29)20-8-6-7-9-21(20)30(37)27(23)28/h6-13,16,22,34,36H,4-5,14-15H2,1-3H3,(H,43,44,45). The van der Waals surface area contributed by atoms with Crippen LogP contribution in [0.5, 0.6) is 0 Å². The smallest absolute Gasteiger partial charge is 0.320 e. The Bertz CT molecular complexity index is 2570. The molecule has 0 saturated carbocycles. The third kappa shape index (κ3) is 6.62. The van der Waals surface area contributed by atoms with E-state index in [1.165, 1.54) is 43.3 Å². The number of carbonyl (C=O) groups is 2. The molecule has 0 unspecified atom stereocenters. The van der Waals surface area contributed by atoms with E-state index in [9.17, 15) is 45.7 Å². The summed E-state index contributed by atoms with van der Waals surface area (Å²) in [6, 6.07) is 12.3. The van der Waals surface area contributed by atoms with Gasteiger partial charge in [0.25, 0.3) is 15.7 Å². The van der Waals surface area contributed by atoms with Crippen LogP contribution in [-0.2, 0) is 39.0 Å². The molecule has 0 atom stereocenters. The summed E-state index contributed by atoms with van der Waals surface area (Å²) in [6.07, 6.45) is -0.392. The van der Waals surface area contributed by atoms with Gasteiger partial charge in [-0.15, -0.1) is 0 Å². The number of carbonyl (C=O) groups excluding carboxylic acids is 2. The molecule has 0 radical (unpaired) electrons. The Morgan fingerprint density at radius 2 is 1.49 bits per heavy atom. The molecule has 0 saturated heterocycles. The molecule has 0 spiro atoms. The molecule has 3 aromatic carbocycles. The maximum atomic E-state index is 14.0. The fraction of sp³-hybridized carbons (Fsp3) is 0.242. The lowest BCUT2D eigenvalue weighted by Crippen LogP contribution is -2.32. The van der Waals surface area contributed by atoms with Crippen molar-refractivity contribution >= 4 is 70.7 Å². The van der Waals surface area contributed by atoms with Crippen molar-refractivity contribution in [3.8, 4) is 0 Å². The molecule has 49 heavy (non-hydrogen) atoms. The van der Waals surface area contributed by atoms with Crippen molar-refractivity contribution in [3.63, 3.8) is 0 Å². The van der Waals surface area contributed by atoms with Gasteiger partial charge in [-0.25, -0.2) is 13.4 Å². The number of esters is 2. The van der Waals surface area contributed by atoms with Crippen molar-refractivity contribution in [2.24, 2.45) is 5.92 Å². The number of ether oxygens (including phenoxy) is 2. The van der Waals surface area contributed by atoms with Crippen LogP contribution in [0.25, 0.3) is 27.4 Å². The number of hydrogen-bond acceptors (Lipinski definition) is 13. The Balaban J connectivity index is 1.64. The number of nitrogens with zero attached hydrogens (tertiary/aromatic N) is 1. The zero-order chi connectivity index (χ0) is 35.8. The molecule has 1 heterocycles. The van der Waals surface area contributed by atoms with E-state index in [-0.39, 0.29) is 61.3 Å². The molecule has 3 aromatic rings. The zero-order valence-electron chi connectivity index (χ0n) is 26.3. The summed E-state index contributed by atoms with van der Waals surface area (Å²) >= 11 is 0. The van der Waals surface area contributed by atoms with Gasteiger partial charge in [0.2, 0.25) is 0 Å². The van der Waals surface area contributed by atoms with E-state index < -0.39 is 77.1 Å². The van der Waals surface area contributed by atoms with Crippen LogP contribution in [0.2, 0.25) is 0 Å². The van der Waals surface area contributed by atoms with Gasteiger partial charge in [0.1, 0.15) is 10.7 Å². The van der Waals surface area contributed by atoms with Crippen LogP contribution in [0, 0.1) is 16.4 Å². The van der Waals surface area contributed by atoms with E-state index in [0.717, 1.165) is 6.07 Å². The first-order chi connectivity index (χ1) is 23.1. The summed E-state index contributed by atoms with van der Waals surface area (Å²) in [6.45, 7) is 4.30. The molecule has 0 amide bonds. The quantitative estimate of drug-likeness (QED) is 0.102. The molecule has 14 nitrogen and oxygen atoms in total. The van der Waals surface area contributed by atoms with Crippen molar-refractivity contribution in [1.82, 2.24) is 4.98 Å². The number of fused-ring (bicyclic) bond motifs is 2. The molecular formula is C33H30N2O12S2. The highest BCUT2D eigenvalue weighted by molar-refractivity contribution is 7.91. The molecule has 1 aliphatic heterocycles. The highest BCUT2D eigenvalue weighted by atomic mass is 32.2. The zero-order valence-corrected chi connectivity index (χ0v) is 28.0. The van der Waals surface area contributed by atoms with Crippen molar-refractivity contribution in [1.29, 1.82) is 0 Å². The number of hydrogen-bond donors (Lipinski definition) is 3. The van der Waals surface area contributed by atoms with Crippen LogP contribution in [-0.4, -0.2) is 62.4 Å². The van der Waals surface area contributed by atoms with Crippen molar-refractivity contribution in [2.45, 2.75) is 37.0 Å². The van der Waals surface area contributed by atoms with Crippen LogP contribution in [0.3, 0.4) is 0 Å².